The first kappa shape index (κ1) is 22.9. The van der Waals surface area contributed by atoms with Crippen LogP contribution in [0.2, 0.25) is 0 Å². The largest absolute Gasteiger partial charge is 0.483 e. The Balaban J connectivity index is 1.40. The number of carbonyl (C=O) groups is 2. The van der Waals surface area contributed by atoms with Crippen molar-refractivity contribution in [3.63, 3.8) is 0 Å². The van der Waals surface area contributed by atoms with Gasteiger partial charge in [-0.25, -0.2) is 0 Å². The molecule has 3 rings (SSSR count). The zero-order valence-corrected chi connectivity index (χ0v) is 18.9. The van der Waals surface area contributed by atoms with E-state index in [0.717, 1.165) is 30.6 Å². The van der Waals surface area contributed by atoms with Gasteiger partial charge in [-0.1, -0.05) is 69.3 Å². The summed E-state index contributed by atoms with van der Waals surface area (Å²) in [4.78, 5) is 26.7. The molecule has 0 aromatic heterocycles. The summed E-state index contributed by atoms with van der Waals surface area (Å²) in [5.74, 6) is 0.845. The predicted molar refractivity (Wildman–Crippen MR) is 123 cm³/mol. The second kappa shape index (κ2) is 10.5. The molecule has 2 amide bonds. The normalized spacial score (nSPS) is 14.9. The van der Waals surface area contributed by atoms with E-state index in [1.54, 1.807) is 0 Å². The molecule has 1 aliphatic heterocycles. The van der Waals surface area contributed by atoms with E-state index < -0.39 is 0 Å². The van der Waals surface area contributed by atoms with Crippen molar-refractivity contribution in [1.82, 2.24) is 10.2 Å². The van der Waals surface area contributed by atoms with E-state index >= 15 is 0 Å². The third-order valence-electron chi connectivity index (χ3n) is 5.74. The first-order valence-electron chi connectivity index (χ1n) is 11.2. The fourth-order valence-electron chi connectivity index (χ4n) is 3.92. The number of ether oxygens (including phenoxy) is 1. The molecule has 0 aliphatic carbocycles. The van der Waals surface area contributed by atoms with Gasteiger partial charge in [0.1, 0.15) is 5.75 Å². The number of nitrogens with zero attached hydrogens (tertiary/aromatic N) is 1. The number of piperidine rings is 1. The van der Waals surface area contributed by atoms with Crippen LogP contribution in [0.5, 0.6) is 5.75 Å². The van der Waals surface area contributed by atoms with Crippen molar-refractivity contribution in [3.05, 3.63) is 65.7 Å². The monoisotopic (exact) mass is 422 g/mol. The molecular formula is C26H34N2O3. The molecule has 1 aliphatic rings. The Morgan fingerprint density at radius 2 is 1.65 bits per heavy atom. The molecule has 1 fully saturated rings. The molecule has 0 saturated carbocycles. The second-order valence-electron chi connectivity index (χ2n) is 9.24. The zero-order valence-electron chi connectivity index (χ0n) is 18.9. The number of hydrogen-bond acceptors (Lipinski definition) is 3. The minimum Gasteiger partial charge on any atom is -0.483 e. The Kier molecular flexibility index (Phi) is 7.72. The van der Waals surface area contributed by atoms with Crippen LogP contribution in [0.15, 0.2) is 54.6 Å². The van der Waals surface area contributed by atoms with Crippen molar-refractivity contribution in [1.29, 1.82) is 0 Å². The first-order chi connectivity index (χ1) is 14.8. The van der Waals surface area contributed by atoms with Crippen LogP contribution in [0.4, 0.5) is 0 Å². The standard InChI is InChI=1S/C26H34N2O3/c1-26(2,3)22-11-7-8-12-23(22)31-19-25(30)28-17-15-21(16-18-28)27-24(29)14-13-20-9-5-4-6-10-20/h4-12,21H,13-19H2,1-3H3,(H,27,29). The van der Waals surface area contributed by atoms with Gasteiger partial charge in [-0.2, -0.15) is 0 Å². The van der Waals surface area contributed by atoms with E-state index in [-0.39, 0.29) is 29.9 Å². The molecule has 0 bridgehead atoms. The molecule has 5 nitrogen and oxygen atoms in total. The SMILES string of the molecule is CC(C)(C)c1ccccc1OCC(=O)N1CCC(NC(=O)CCc2ccccc2)CC1. The lowest BCUT2D eigenvalue weighted by atomic mass is 9.86. The lowest BCUT2D eigenvalue weighted by molar-refractivity contribution is -0.134. The summed E-state index contributed by atoms with van der Waals surface area (Å²) in [6, 6.07) is 18.1. The predicted octanol–water partition coefficient (Wildman–Crippen LogP) is 4.10. The van der Waals surface area contributed by atoms with Crippen molar-refractivity contribution in [2.24, 2.45) is 0 Å². The number of para-hydroxylation sites is 1. The number of aryl methyl sites for hydroxylation is 1. The van der Waals surface area contributed by atoms with Gasteiger partial charge in [-0.15, -0.1) is 0 Å². The van der Waals surface area contributed by atoms with Crippen LogP contribution >= 0.6 is 0 Å². The zero-order chi connectivity index (χ0) is 22.3. The van der Waals surface area contributed by atoms with Gasteiger partial charge in [0.05, 0.1) is 0 Å². The Morgan fingerprint density at radius 1 is 1.00 bits per heavy atom. The first-order valence-corrected chi connectivity index (χ1v) is 11.2. The highest BCUT2D eigenvalue weighted by atomic mass is 16.5. The Bertz CT molecular complexity index is 866. The molecule has 0 unspecified atom stereocenters. The minimum atomic E-state index is -0.0449. The molecule has 1 N–H and O–H groups in total. The number of likely N-dealkylation sites (tertiary alicyclic amines) is 1. The van der Waals surface area contributed by atoms with Crippen molar-refractivity contribution in [2.75, 3.05) is 19.7 Å². The number of rotatable bonds is 7. The topological polar surface area (TPSA) is 58.6 Å². The average Bonchev–Trinajstić information content (AvgIpc) is 2.77. The van der Waals surface area contributed by atoms with Gasteiger partial charge in [0.15, 0.2) is 6.61 Å². The summed E-state index contributed by atoms with van der Waals surface area (Å²) in [6.45, 7) is 7.74. The molecule has 1 heterocycles. The highest BCUT2D eigenvalue weighted by Gasteiger charge is 2.25. The molecule has 0 radical (unpaired) electrons. The summed E-state index contributed by atoms with van der Waals surface area (Å²) < 4.78 is 5.88. The number of benzene rings is 2. The van der Waals surface area contributed by atoms with Crippen LogP contribution in [0, 0.1) is 0 Å². The van der Waals surface area contributed by atoms with Crippen molar-refractivity contribution in [2.45, 2.75) is 57.9 Å². The van der Waals surface area contributed by atoms with Gasteiger partial charge >= 0.3 is 0 Å². The Labute approximate surface area is 185 Å². The summed E-state index contributed by atoms with van der Waals surface area (Å²) in [5, 5.41) is 3.12. The van der Waals surface area contributed by atoms with Gasteiger partial charge in [0.2, 0.25) is 5.91 Å². The smallest absolute Gasteiger partial charge is 0.260 e. The molecule has 2 aromatic rings. The maximum atomic E-state index is 12.6. The van der Waals surface area contributed by atoms with Gasteiger partial charge in [0, 0.05) is 25.6 Å². The van der Waals surface area contributed by atoms with Crippen LogP contribution in [0.25, 0.3) is 0 Å². The number of nitrogens with one attached hydrogen (secondary N) is 1. The summed E-state index contributed by atoms with van der Waals surface area (Å²) in [7, 11) is 0. The molecule has 0 spiro atoms. The van der Waals surface area contributed by atoms with E-state index in [0.29, 0.717) is 19.5 Å². The highest BCUT2D eigenvalue weighted by Crippen LogP contribution is 2.31. The molecule has 2 aromatic carbocycles. The molecule has 0 atom stereocenters. The van der Waals surface area contributed by atoms with E-state index in [9.17, 15) is 9.59 Å². The minimum absolute atomic E-state index is 0.00225. The Morgan fingerprint density at radius 3 is 2.32 bits per heavy atom. The van der Waals surface area contributed by atoms with Crippen molar-refractivity contribution >= 4 is 11.8 Å². The highest BCUT2D eigenvalue weighted by molar-refractivity contribution is 5.78. The van der Waals surface area contributed by atoms with Crippen LogP contribution in [-0.2, 0) is 21.4 Å². The maximum absolute atomic E-state index is 12.6. The maximum Gasteiger partial charge on any atom is 0.260 e. The lowest BCUT2D eigenvalue weighted by Crippen LogP contribution is -2.47. The third-order valence-corrected chi connectivity index (χ3v) is 5.74. The third kappa shape index (κ3) is 6.84. The molecular weight excluding hydrogens is 388 g/mol. The van der Waals surface area contributed by atoms with E-state index in [1.807, 2.05) is 59.5 Å². The molecule has 5 heteroatoms. The lowest BCUT2D eigenvalue weighted by Gasteiger charge is -2.32. The fourth-order valence-corrected chi connectivity index (χ4v) is 3.92. The van der Waals surface area contributed by atoms with Crippen LogP contribution in [0.3, 0.4) is 0 Å². The summed E-state index contributed by atoms with van der Waals surface area (Å²) in [6.07, 6.45) is 2.80. The Hall–Kier alpha value is -2.82. The summed E-state index contributed by atoms with van der Waals surface area (Å²) >= 11 is 0. The number of carbonyl (C=O) groups excluding carboxylic acids is 2. The van der Waals surface area contributed by atoms with Crippen molar-refractivity contribution < 1.29 is 14.3 Å². The van der Waals surface area contributed by atoms with Crippen molar-refractivity contribution in [3.8, 4) is 5.75 Å². The number of amides is 2. The summed E-state index contributed by atoms with van der Waals surface area (Å²) in [5.41, 5.74) is 2.22. The van der Waals surface area contributed by atoms with Gasteiger partial charge < -0.3 is 15.0 Å². The van der Waals surface area contributed by atoms with Crippen LogP contribution < -0.4 is 10.1 Å². The van der Waals surface area contributed by atoms with E-state index in [1.165, 1.54) is 5.56 Å². The average molecular weight is 423 g/mol. The van der Waals surface area contributed by atoms with E-state index in [2.05, 4.69) is 26.1 Å². The molecule has 31 heavy (non-hydrogen) atoms. The number of hydrogen-bond donors (Lipinski definition) is 1. The molecule has 166 valence electrons. The fraction of sp³-hybridized carbons (Fsp3) is 0.462. The quantitative estimate of drug-likeness (QED) is 0.731. The van der Waals surface area contributed by atoms with Crippen LogP contribution in [-0.4, -0.2) is 42.5 Å². The van der Waals surface area contributed by atoms with E-state index in [4.69, 9.17) is 4.74 Å². The van der Waals surface area contributed by atoms with Gasteiger partial charge in [-0.05, 0) is 41.9 Å². The second-order valence-corrected chi connectivity index (χ2v) is 9.24. The molecule has 1 saturated heterocycles. The van der Waals surface area contributed by atoms with Gasteiger partial charge in [-0.3, -0.25) is 9.59 Å². The van der Waals surface area contributed by atoms with Gasteiger partial charge in [0.25, 0.3) is 5.91 Å². The van der Waals surface area contributed by atoms with Crippen LogP contribution in [0.1, 0.15) is 51.2 Å².